The van der Waals surface area contributed by atoms with Crippen LogP contribution >= 0.6 is 23.8 Å². The first kappa shape index (κ1) is 12.1. The third kappa shape index (κ3) is 2.18. The molecule has 3 heterocycles. The number of carbonyl (C=O) groups is 1. The monoisotopic (exact) mass is 284 g/mol. The maximum absolute atomic E-state index is 12.4. The second kappa shape index (κ2) is 4.64. The van der Waals surface area contributed by atoms with Gasteiger partial charge >= 0.3 is 0 Å². The quantitative estimate of drug-likeness (QED) is 0.806. The third-order valence-electron chi connectivity index (χ3n) is 3.41. The second-order valence-electron chi connectivity index (χ2n) is 4.71. The second-order valence-corrected chi connectivity index (χ2v) is 5.56. The number of fused-ring (bicyclic) bond motifs is 2. The molecule has 2 saturated heterocycles. The molecule has 1 amide bonds. The first-order valence-corrected chi connectivity index (χ1v) is 6.75. The average Bonchev–Trinajstić information content (AvgIpc) is 2.70. The van der Waals surface area contributed by atoms with Gasteiger partial charge in [-0.2, -0.15) is 0 Å². The summed E-state index contributed by atoms with van der Waals surface area (Å²) in [4.78, 5) is 17.1. The summed E-state index contributed by atoms with van der Waals surface area (Å²) in [6.07, 6.45) is 2.43. The lowest BCUT2D eigenvalue weighted by molar-refractivity contribution is -0.0305. The van der Waals surface area contributed by atoms with Crippen LogP contribution in [0.1, 0.15) is 23.3 Å². The third-order valence-corrected chi connectivity index (χ3v) is 3.97. The number of morpholine rings is 1. The van der Waals surface area contributed by atoms with Gasteiger partial charge in [0.05, 0.1) is 17.2 Å². The summed E-state index contributed by atoms with van der Waals surface area (Å²) in [5, 5.41) is 0.410. The lowest BCUT2D eigenvalue weighted by Crippen LogP contribution is -2.46. The van der Waals surface area contributed by atoms with Crippen LogP contribution in [0.25, 0.3) is 0 Å². The minimum absolute atomic E-state index is 0.0908. The number of hydrogen-bond acceptors (Lipinski definition) is 3. The van der Waals surface area contributed by atoms with E-state index < -0.39 is 0 Å². The van der Waals surface area contributed by atoms with Crippen LogP contribution in [0.3, 0.4) is 0 Å². The van der Waals surface area contributed by atoms with Crippen LogP contribution in [-0.4, -0.2) is 41.1 Å². The van der Waals surface area contributed by atoms with Crippen LogP contribution in [0.15, 0.2) is 12.1 Å². The molecule has 96 valence electrons. The van der Waals surface area contributed by atoms with Crippen molar-refractivity contribution in [3.63, 3.8) is 0 Å². The highest BCUT2D eigenvalue weighted by molar-refractivity contribution is 7.71. The number of aromatic amines is 1. The van der Waals surface area contributed by atoms with Crippen molar-refractivity contribution in [1.29, 1.82) is 0 Å². The predicted octanol–water partition coefficient (Wildman–Crippen LogP) is 2.40. The lowest BCUT2D eigenvalue weighted by Gasteiger charge is -2.32. The fourth-order valence-electron chi connectivity index (χ4n) is 2.55. The molecule has 0 saturated carbocycles. The average molecular weight is 285 g/mol. The lowest BCUT2D eigenvalue weighted by atomic mass is 10.2. The minimum Gasteiger partial charge on any atom is -0.371 e. The van der Waals surface area contributed by atoms with E-state index in [1.807, 2.05) is 0 Å². The largest absolute Gasteiger partial charge is 0.371 e. The van der Waals surface area contributed by atoms with E-state index in [1.54, 1.807) is 17.0 Å². The number of halogens is 1. The van der Waals surface area contributed by atoms with Crippen LogP contribution in [0.4, 0.5) is 0 Å². The Labute approximate surface area is 115 Å². The Morgan fingerprint density at radius 3 is 2.72 bits per heavy atom. The summed E-state index contributed by atoms with van der Waals surface area (Å²) in [5.41, 5.74) is 0.380. The smallest absolute Gasteiger partial charge is 0.272 e. The molecule has 3 rings (SSSR count). The maximum Gasteiger partial charge on any atom is 0.272 e. The molecule has 0 aliphatic carbocycles. The van der Waals surface area contributed by atoms with Gasteiger partial charge in [0.2, 0.25) is 0 Å². The molecule has 4 nitrogen and oxygen atoms in total. The van der Waals surface area contributed by atoms with Crippen molar-refractivity contribution in [3.05, 3.63) is 27.5 Å². The van der Waals surface area contributed by atoms with Crippen molar-refractivity contribution in [2.45, 2.75) is 25.0 Å². The number of likely N-dealkylation sites (tertiary alicyclic amines) is 1. The van der Waals surface area contributed by atoms with Crippen LogP contribution in [0.5, 0.6) is 0 Å². The van der Waals surface area contributed by atoms with Gasteiger partial charge in [-0.1, -0.05) is 23.8 Å². The van der Waals surface area contributed by atoms with Crippen LogP contribution in [0.2, 0.25) is 5.02 Å². The molecule has 0 aromatic carbocycles. The zero-order chi connectivity index (χ0) is 12.7. The highest BCUT2D eigenvalue weighted by atomic mass is 35.5. The molecule has 1 aromatic rings. The molecule has 1 aromatic heterocycles. The van der Waals surface area contributed by atoms with E-state index in [0.29, 0.717) is 28.4 Å². The highest BCUT2D eigenvalue weighted by Gasteiger charge is 2.36. The summed E-state index contributed by atoms with van der Waals surface area (Å²) in [6, 6.07) is 3.33. The van der Waals surface area contributed by atoms with Gasteiger partial charge in [-0.05, 0) is 25.0 Å². The summed E-state index contributed by atoms with van der Waals surface area (Å²) >= 11 is 11.1. The van der Waals surface area contributed by atoms with Crippen molar-refractivity contribution in [3.8, 4) is 0 Å². The molecule has 2 fully saturated rings. The van der Waals surface area contributed by atoms with Crippen molar-refractivity contribution < 1.29 is 9.53 Å². The van der Waals surface area contributed by atoms with Crippen LogP contribution in [0, 0.1) is 4.64 Å². The normalized spacial score (nSPS) is 26.4. The van der Waals surface area contributed by atoms with Crippen molar-refractivity contribution in [2.24, 2.45) is 0 Å². The minimum atomic E-state index is -0.0908. The van der Waals surface area contributed by atoms with E-state index in [0.717, 1.165) is 12.8 Å². The van der Waals surface area contributed by atoms with Gasteiger partial charge in [0, 0.05) is 13.1 Å². The molecule has 0 radical (unpaired) electrons. The molecule has 2 bridgehead atoms. The number of carbonyl (C=O) groups excluding carboxylic acids is 1. The molecule has 6 heteroatoms. The number of H-pyrrole nitrogens is 1. The molecule has 1 N–H and O–H groups in total. The fourth-order valence-corrected chi connectivity index (χ4v) is 2.91. The first-order chi connectivity index (χ1) is 8.63. The van der Waals surface area contributed by atoms with Gasteiger partial charge in [0.25, 0.3) is 5.91 Å². The number of nitrogens with one attached hydrogen (secondary N) is 1. The van der Waals surface area contributed by atoms with E-state index in [9.17, 15) is 4.79 Å². The Hall–Kier alpha value is -0.910. The van der Waals surface area contributed by atoms with E-state index >= 15 is 0 Å². The number of aromatic nitrogens is 1. The first-order valence-electron chi connectivity index (χ1n) is 5.97. The molecule has 2 unspecified atom stereocenters. The number of pyridine rings is 1. The van der Waals surface area contributed by atoms with Gasteiger partial charge in [0.1, 0.15) is 10.3 Å². The van der Waals surface area contributed by atoms with Crippen LogP contribution in [-0.2, 0) is 4.74 Å². The van der Waals surface area contributed by atoms with E-state index in [2.05, 4.69) is 4.98 Å². The molecule has 0 spiro atoms. The number of amides is 1. The molecule has 2 aliphatic heterocycles. The Bertz CT molecular complexity index is 533. The van der Waals surface area contributed by atoms with E-state index in [1.165, 1.54) is 0 Å². The Kier molecular flexibility index (Phi) is 3.13. The van der Waals surface area contributed by atoms with Gasteiger partial charge in [0.15, 0.2) is 0 Å². The van der Waals surface area contributed by atoms with Crippen molar-refractivity contribution >= 4 is 29.7 Å². The predicted molar refractivity (Wildman–Crippen MR) is 70.4 cm³/mol. The number of ether oxygens (including phenoxy) is 1. The van der Waals surface area contributed by atoms with E-state index in [-0.39, 0.29) is 18.1 Å². The van der Waals surface area contributed by atoms with Gasteiger partial charge in [-0.15, -0.1) is 0 Å². The van der Waals surface area contributed by atoms with Gasteiger partial charge in [-0.3, -0.25) is 4.79 Å². The Morgan fingerprint density at radius 2 is 2.06 bits per heavy atom. The van der Waals surface area contributed by atoms with E-state index in [4.69, 9.17) is 28.6 Å². The Morgan fingerprint density at radius 1 is 1.39 bits per heavy atom. The summed E-state index contributed by atoms with van der Waals surface area (Å²) in [7, 11) is 0. The van der Waals surface area contributed by atoms with Gasteiger partial charge in [-0.25, -0.2) is 0 Å². The SMILES string of the molecule is O=C(c1[nH]c(=S)ccc1Cl)N1CC2CCC(C1)O2. The summed E-state index contributed by atoms with van der Waals surface area (Å²) in [5.74, 6) is -0.0908. The van der Waals surface area contributed by atoms with Crippen molar-refractivity contribution in [2.75, 3.05) is 13.1 Å². The number of hydrogen-bond donors (Lipinski definition) is 1. The fraction of sp³-hybridized carbons (Fsp3) is 0.500. The molecule has 2 atom stereocenters. The van der Waals surface area contributed by atoms with Gasteiger partial charge < -0.3 is 14.6 Å². The summed E-state index contributed by atoms with van der Waals surface area (Å²) in [6.45, 7) is 1.28. The Balaban J connectivity index is 1.86. The summed E-state index contributed by atoms with van der Waals surface area (Å²) < 4.78 is 6.22. The number of nitrogens with zero attached hydrogens (tertiary/aromatic N) is 1. The standard InChI is InChI=1S/C12H13ClN2O2S/c13-9-3-4-10(18)14-11(9)12(16)15-5-7-1-2-8(6-15)17-7/h3-4,7-8H,1-2,5-6H2,(H,14,18). The van der Waals surface area contributed by atoms with Crippen LogP contribution < -0.4 is 0 Å². The topological polar surface area (TPSA) is 45.3 Å². The molecular weight excluding hydrogens is 272 g/mol. The zero-order valence-electron chi connectivity index (χ0n) is 9.69. The highest BCUT2D eigenvalue weighted by Crippen LogP contribution is 2.27. The zero-order valence-corrected chi connectivity index (χ0v) is 11.3. The maximum atomic E-state index is 12.4. The van der Waals surface area contributed by atoms with Crippen molar-refractivity contribution in [1.82, 2.24) is 9.88 Å². The molecule has 18 heavy (non-hydrogen) atoms. The molecular formula is C12H13ClN2O2S. The number of rotatable bonds is 1. The molecule has 2 aliphatic rings.